The Bertz CT molecular complexity index is 708. The Labute approximate surface area is 185 Å². The quantitative estimate of drug-likeness (QED) is 0.469. The summed E-state index contributed by atoms with van der Waals surface area (Å²) >= 11 is 0. The highest BCUT2D eigenvalue weighted by molar-refractivity contribution is 5.81. The van der Waals surface area contributed by atoms with Gasteiger partial charge in [0.1, 0.15) is 0 Å². The molecule has 0 amide bonds. The Kier molecular flexibility index (Phi) is 14.3. The molecule has 0 atom stereocenters. The Hall–Kier alpha value is -2.22. The molecule has 2 aromatic carbocycles. The van der Waals surface area contributed by atoms with Gasteiger partial charge < -0.3 is 5.41 Å². The first-order valence-electron chi connectivity index (χ1n) is 11.8. The maximum absolute atomic E-state index is 6.95. The zero-order valence-electron chi connectivity index (χ0n) is 19.7. The van der Waals surface area contributed by atoms with Gasteiger partial charge in [-0.05, 0) is 48.4 Å². The minimum absolute atomic E-state index is 0.582. The molecule has 1 aliphatic rings. The van der Waals surface area contributed by atoms with Crippen LogP contribution in [0.15, 0.2) is 53.5 Å². The summed E-state index contributed by atoms with van der Waals surface area (Å²) in [5.74, 6) is 0. The molecule has 164 valence electrons. The molecule has 3 rings (SSSR count). The largest absolute Gasteiger partial charge is 0.308 e. The standard InChI is InChI=1S/C14H19N.C9H11N.C5H12/c1-12-7-5-6-8-13(12)11-15-14-9-3-2-4-10-14;1-2-8-3-5-9(7-10)6-4-8;1-3-5-4-2/h5-8,11,14H,2-4,9-10H2,1H3;3-7,10H,2H2,1H3;3-5H2,1-2H3. The minimum Gasteiger partial charge on any atom is -0.308 e. The Morgan fingerprint density at radius 2 is 1.53 bits per heavy atom. The molecule has 1 aliphatic carbocycles. The topological polar surface area (TPSA) is 36.2 Å². The van der Waals surface area contributed by atoms with Crippen LogP contribution in [0.1, 0.15) is 94.4 Å². The second-order valence-electron chi connectivity index (χ2n) is 8.02. The van der Waals surface area contributed by atoms with Crippen LogP contribution in [0.2, 0.25) is 0 Å². The van der Waals surface area contributed by atoms with E-state index >= 15 is 0 Å². The molecule has 1 saturated carbocycles. The summed E-state index contributed by atoms with van der Waals surface area (Å²) in [6.45, 7) is 8.69. The number of hydrogen-bond acceptors (Lipinski definition) is 2. The summed E-state index contributed by atoms with van der Waals surface area (Å²) in [5.41, 5.74) is 4.88. The average Bonchev–Trinajstić information content (AvgIpc) is 2.81. The molecular weight excluding hydrogens is 364 g/mol. The summed E-state index contributed by atoms with van der Waals surface area (Å²) in [6, 6.07) is 17.1. The van der Waals surface area contributed by atoms with Crippen LogP contribution in [0.25, 0.3) is 0 Å². The number of aryl methyl sites for hydroxylation is 2. The average molecular weight is 407 g/mol. The van der Waals surface area contributed by atoms with Crippen LogP contribution >= 0.6 is 0 Å². The molecule has 1 N–H and O–H groups in total. The highest BCUT2D eigenvalue weighted by atomic mass is 14.8. The third-order valence-electron chi connectivity index (χ3n) is 5.45. The number of aliphatic imine (C=N–C) groups is 1. The van der Waals surface area contributed by atoms with Crippen molar-refractivity contribution in [1.29, 1.82) is 5.41 Å². The lowest BCUT2D eigenvalue weighted by Gasteiger charge is -2.17. The van der Waals surface area contributed by atoms with Crippen molar-refractivity contribution in [2.24, 2.45) is 4.99 Å². The fraction of sp³-hybridized carbons (Fsp3) is 0.500. The van der Waals surface area contributed by atoms with Gasteiger partial charge in [-0.15, -0.1) is 0 Å². The summed E-state index contributed by atoms with van der Waals surface area (Å²) in [7, 11) is 0. The predicted octanol–water partition coefficient (Wildman–Crippen LogP) is 8.19. The van der Waals surface area contributed by atoms with Crippen LogP contribution in [-0.4, -0.2) is 18.5 Å². The van der Waals surface area contributed by atoms with Gasteiger partial charge in [-0.25, -0.2) is 0 Å². The lowest BCUT2D eigenvalue weighted by atomic mass is 9.96. The molecule has 0 radical (unpaired) electrons. The fourth-order valence-electron chi connectivity index (χ4n) is 3.35. The van der Waals surface area contributed by atoms with Crippen molar-refractivity contribution in [2.45, 2.75) is 91.5 Å². The normalized spacial score (nSPS) is 13.7. The van der Waals surface area contributed by atoms with Crippen molar-refractivity contribution in [2.75, 3.05) is 0 Å². The van der Waals surface area contributed by atoms with Crippen LogP contribution in [0.5, 0.6) is 0 Å². The van der Waals surface area contributed by atoms with Gasteiger partial charge in [0.05, 0.1) is 0 Å². The van der Waals surface area contributed by atoms with Gasteiger partial charge in [-0.1, -0.05) is 108 Å². The Morgan fingerprint density at radius 1 is 0.900 bits per heavy atom. The van der Waals surface area contributed by atoms with Crippen molar-refractivity contribution in [1.82, 2.24) is 0 Å². The zero-order valence-corrected chi connectivity index (χ0v) is 19.7. The Morgan fingerprint density at radius 3 is 2.03 bits per heavy atom. The monoisotopic (exact) mass is 406 g/mol. The highest BCUT2D eigenvalue weighted by Gasteiger charge is 2.10. The van der Waals surface area contributed by atoms with E-state index < -0.39 is 0 Å². The zero-order chi connectivity index (χ0) is 22.0. The van der Waals surface area contributed by atoms with Crippen LogP contribution in [0.3, 0.4) is 0 Å². The summed E-state index contributed by atoms with van der Waals surface area (Å²) < 4.78 is 0. The number of unbranched alkanes of at least 4 members (excludes halogenated alkanes) is 2. The number of hydrogen-bond donors (Lipinski definition) is 1. The van der Waals surface area contributed by atoms with E-state index in [9.17, 15) is 0 Å². The lowest BCUT2D eigenvalue weighted by molar-refractivity contribution is 0.444. The van der Waals surface area contributed by atoms with Gasteiger partial charge in [0.2, 0.25) is 0 Å². The number of benzene rings is 2. The fourth-order valence-corrected chi connectivity index (χ4v) is 3.35. The van der Waals surface area contributed by atoms with Gasteiger partial charge in [-0.3, -0.25) is 4.99 Å². The van der Waals surface area contributed by atoms with Gasteiger partial charge in [0.25, 0.3) is 0 Å². The first kappa shape index (κ1) is 25.8. The summed E-state index contributed by atoms with van der Waals surface area (Å²) in [6.07, 6.45) is 15.2. The smallest absolute Gasteiger partial charge is 0.0499 e. The molecular formula is C28H42N2. The third-order valence-corrected chi connectivity index (χ3v) is 5.45. The molecule has 0 aromatic heterocycles. The maximum atomic E-state index is 6.95. The van der Waals surface area contributed by atoms with E-state index in [-0.39, 0.29) is 0 Å². The molecule has 2 aromatic rings. The van der Waals surface area contributed by atoms with E-state index in [0.717, 1.165) is 12.0 Å². The molecule has 0 spiro atoms. The molecule has 30 heavy (non-hydrogen) atoms. The van der Waals surface area contributed by atoms with E-state index in [0.29, 0.717) is 6.04 Å². The molecule has 0 unspecified atom stereocenters. The van der Waals surface area contributed by atoms with Crippen LogP contribution in [0, 0.1) is 12.3 Å². The first-order chi connectivity index (χ1) is 14.6. The lowest BCUT2D eigenvalue weighted by Crippen LogP contribution is -2.09. The van der Waals surface area contributed by atoms with Crippen molar-refractivity contribution in [3.05, 3.63) is 70.8 Å². The van der Waals surface area contributed by atoms with Gasteiger partial charge >= 0.3 is 0 Å². The molecule has 0 bridgehead atoms. The molecule has 0 saturated heterocycles. The highest BCUT2D eigenvalue weighted by Crippen LogP contribution is 2.20. The molecule has 0 heterocycles. The van der Waals surface area contributed by atoms with E-state index in [2.05, 4.69) is 75.3 Å². The summed E-state index contributed by atoms with van der Waals surface area (Å²) in [4.78, 5) is 4.69. The SMILES string of the molecule is CCCCC.CCc1ccc(C=N)cc1.Cc1ccccc1C=NC1CCCCC1. The van der Waals surface area contributed by atoms with Crippen molar-refractivity contribution in [3.8, 4) is 0 Å². The maximum Gasteiger partial charge on any atom is 0.0499 e. The van der Waals surface area contributed by atoms with Crippen LogP contribution < -0.4 is 0 Å². The Balaban J connectivity index is 0.000000259. The number of rotatable bonds is 6. The molecule has 0 aliphatic heterocycles. The molecule has 2 heteroatoms. The van der Waals surface area contributed by atoms with Gasteiger partial charge in [0.15, 0.2) is 0 Å². The van der Waals surface area contributed by atoms with Crippen molar-refractivity contribution >= 4 is 12.4 Å². The van der Waals surface area contributed by atoms with E-state index in [4.69, 9.17) is 5.41 Å². The van der Waals surface area contributed by atoms with Gasteiger partial charge in [0, 0.05) is 18.5 Å². The van der Waals surface area contributed by atoms with E-state index in [1.165, 1.54) is 74.3 Å². The van der Waals surface area contributed by atoms with E-state index in [1.807, 2.05) is 12.1 Å². The van der Waals surface area contributed by atoms with Crippen LogP contribution in [-0.2, 0) is 6.42 Å². The van der Waals surface area contributed by atoms with Crippen molar-refractivity contribution < 1.29 is 0 Å². The second kappa shape index (κ2) is 16.6. The molecule has 2 nitrogen and oxygen atoms in total. The summed E-state index contributed by atoms with van der Waals surface area (Å²) in [5, 5.41) is 6.95. The third kappa shape index (κ3) is 11.1. The van der Waals surface area contributed by atoms with E-state index in [1.54, 1.807) is 0 Å². The predicted molar refractivity (Wildman–Crippen MR) is 135 cm³/mol. The van der Waals surface area contributed by atoms with Crippen molar-refractivity contribution in [3.63, 3.8) is 0 Å². The molecule has 1 fully saturated rings. The number of nitrogens with one attached hydrogen (secondary N) is 1. The number of nitrogens with zero attached hydrogens (tertiary/aromatic N) is 1. The first-order valence-corrected chi connectivity index (χ1v) is 11.8. The minimum atomic E-state index is 0.582. The van der Waals surface area contributed by atoms with Crippen LogP contribution in [0.4, 0.5) is 0 Å². The van der Waals surface area contributed by atoms with Gasteiger partial charge in [-0.2, -0.15) is 0 Å². The second-order valence-corrected chi connectivity index (χ2v) is 8.02.